The lowest BCUT2D eigenvalue weighted by molar-refractivity contribution is -0.352. The minimum Gasteiger partial charge on any atom is -0.472 e. The Balaban J connectivity index is 1.85. The molecule has 1 saturated carbocycles. The quantitative estimate of drug-likeness (QED) is 0.235. The van der Waals surface area contributed by atoms with Gasteiger partial charge in [0.25, 0.3) is 0 Å². The Morgan fingerprint density at radius 3 is 2.23 bits per heavy atom. The molecule has 3 aliphatic rings. The van der Waals surface area contributed by atoms with E-state index in [0.717, 1.165) is 12.3 Å². The molecule has 2 aliphatic heterocycles. The summed E-state index contributed by atoms with van der Waals surface area (Å²) in [6.07, 6.45) is -10.7. The van der Waals surface area contributed by atoms with Crippen LogP contribution in [0.3, 0.4) is 0 Å². The largest absolute Gasteiger partial charge is 0.472 e. The summed E-state index contributed by atoms with van der Waals surface area (Å²) in [5.74, 6) is -1.38. The molecule has 0 aromatic carbocycles. The molecule has 26 heavy (non-hydrogen) atoms. The second-order valence-corrected chi connectivity index (χ2v) is 7.12. The first-order chi connectivity index (χ1) is 12.1. The van der Waals surface area contributed by atoms with Crippen LogP contribution in [0.1, 0.15) is 6.92 Å². The smallest absolute Gasteiger partial charge is 0.210 e. The van der Waals surface area contributed by atoms with E-state index in [0.29, 0.717) is 0 Å². The van der Waals surface area contributed by atoms with E-state index in [2.05, 4.69) is 0 Å². The zero-order valence-electron chi connectivity index (χ0n) is 13.9. The fourth-order valence-electron chi connectivity index (χ4n) is 3.83. The Morgan fingerprint density at radius 1 is 0.962 bits per heavy atom. The Kier molecular flexibility index (Phi) is 5.08. The molecule has 0 aromatic heterocycles. The maximum atomic E-state index is 10.7. The van der Waals surface area contributed by atoms with Gasteiger partial charge in [0.05, 0.1) is 18.8 Å². The summed E-state index contributed by atoms with van der Waals surface area (Å²) in [5, 5.41) is 80.3. The van der Waals surface area contributed by atoms with E-state index in [1.807, 2.05) is 0 Å². The molecule has 2 fully saturated rings. The molecule has 0 spiro atoms. The van der Waals surface area contributed by atoms with Crippen LogP contribution in [0.4, 0.5) is 0 Å². The lowest BCUT2D eigenvalue weighted by Crippen LogP contribution is -2.62. The predicted octanol–water partition coefficient (Wildman–Crippen LogP) is -4.49. The van der Waals surface area contributed by atoms with Gasteiger partial charge < -0.3 is 55.1 Å². The van der Waals surface area contributed by atoms with Gasteiger partial charge >= 0.3 is 0 Å². The van der Waals surface area contributed by atoms with Crippen molar-refractivity contribution in [2.45, 2.75) is 67.3 Å². The molecule has 3 rings (SSSR count). The van der Waals surface area contributed by atoms with Crippen LogP contribution >= 0.6 is 0 Å². The number of aliphatic hydroxyl groups is 8. The van der Waals surface area contributed by atoms with Crippen molar-refractivity contribution in [2.75, 3.05) is 6.61 Å². The highest BCUT2D eigenvalue weighted by Crippen LogP contribution is 2.49. The third kappa shape index (κ3) is 2.76. The van der Waals surface area contributed by atoms with Crippen LogP contribution in [-0.4, -0.2) is 108 Å². The van der Waals surface area contributed by atoms with Gasteiger partial charge in [0.15, 0.2) is 6.29 Å². The molecular formula is C15H24O11. The monoisotopic (exact) mass is 380 g/mol. The minimum atomic E-state index is -2.08. The van der Waals surface area contributed by atoms with Gasteiger partial charge in [-0.2, -0.15) is 0 Å². The van der Waals surface area contributed by atoms with E-state index in [1.54, 1.807) is 0 Å². The summed E-state index contributed by atoms with van der Waals surface area (Å²) in [4.78, 5) is 0. The summed E-state index contributed by atoms with van der Waals surface area (Å²) in [5.41, 5.74) is -4.11. The Bertz CT molecular complexity index is 552. The molecule has 11 heteroatoms. The highest BCUT2D eigenvalue weighted by Gasteiger charge is 2.69. The number of rotatable bonds is 3. The Hall–Kier alpha value is -0.860. The van der Waals surface area contributed by atoms with E-state index in [-0.39, 0.29) is 0 Å². The molecular weight excluding hydrogens is 356 g/mol. The number of fused-ring (bicyclic) bond motifs is 1. The lowest BCUT2D eigenvalue weighted by atomic mass is 9.81. The fraction of sp³-hybridized carbons (Fsp3) is 0.867. The molecule has 0 aromatic rings. The number of ether oxygens (including phenoxy) is 3. The van der Waals surface area contributed by atoms with Crippen molar-refractivity contribution in [3.63, 3.8) is 0 Å². The predicted molar refractivity (Wildman–Crippen MR) is 79.9 cm³/mol. The van der Waals surface area contributed by atoms with Crippen molar-refractivity contribution in [1.82, 2.24) is 0 Å². The topological polar surface area (TPSA) is 190 Å². The van der Waals surface area contributed by atoms with Gasteiger partial charge in [-0.1, -0.05) is 0 Å². The van der Waals surface area contributed by atoms with Crippen molar-refractivity contribution in [3.05, 3.63) is 12.3 Å². The van der Waals surface area contributed by atoms with Crippen LogP contribution in [0.2, 0.25) is 0 Å². The average Bonchev–Trinajstić information content (AvgIpc) is 2.73. The molecule has 150 valence electrons. The van der Waals surface area contributed by atoms with E-state index in [9.17, 15) is 40.9 Å². The first-order valence-corrected chi connectivity index (χ1v) is 8.15. The zero-order valence-corrected chi connectivity index (χ0v) is 13.9. The molecule has 8 N–H and O–H groups in total. The van der Waals surface area contributed by atoms with Crippen molar-refractivity contribution < 1.29 is 55.1 Å². The Labute approximate surface area is 148 Å². The van der Waals surface area contributed by atoms with Crippen LogP contribution in [0.15, 0.2) is 12.3 Å². The maximum absolute atomic E-state index is 10.7. The molecule has 0 bridgehead atoms. The molecule has 0 amide bonds. The first kappa shape index (κ1) is 19.9. The number of hydrogen-bond acceptors (Lipinski definition) is 11. The summed E-state index contributed by atoms with van der Waals surface area (Å²) < 4.78 is 15.9. The van der Waals surface area contributed by atoms with Crippen LogP contribution in [0, 0.1) is 5.92 Å². The first-order valence-electron chi connectivity index (χ1n) is 8.15. The van der Waals surface area contributed by atoms with E-state index >= 15 is 0 Å². The minimum absolute atomic E-state index is 0.668. The summed E-state index contributed by atoms with van der Waals surface area (Å²) in [7, 11) is 0. The number of aliphatic hydroxyl groups excluding tert-OH is 6. The van der Waals surface area contributed by atoms with E-state index in [4.69, 9.17) is 14.2 Å². The van der Waals surface area contributed by atoms with Gasteiger partial charge in [-0.3, -0.25) is 0 Å². The number of hydrogen-bond donors (Lipinski definition) is 8. The SMILES string of the molecule is C[C@]1(O)C2[C@H](O[C@@H]3O[C@H](CO)[C@@H](O)[C@H](O)[C@H]3O)OC=C[C@@]2(O)[C@H](O)[C@@H]1O. The van der Waals surface area contributed by atoms with Crippen LogP contribution in [0.5, 0.6) is 0 Å². The highest BCUT2D eigenvalue weighted by molar-refractivity contribution is 5.24. The van der Waals surface area contributed by atoms with Gasteiger partial charge in [-0.15, -0.1) is 0 Å². The van der Waals surface area contributed by atoms with Gasteiger partial charge in [-0.25, -0.2) is 0 Å². The molecule has 1 unspecified atom stereocenters. The molecule has 11 atom stereocenters. The standard InChI is InChI=1S/C15H24O11/c1-14(22)9-13(24-3-2-15(9,23)11(21)10(14)20)26-12-8(19)7(18)6(17)5(4-16)25-12/h2-3,5-13,16-23H,4H2,1H3/t5-,6-,7+,8-,9?,10+,11-,12+,13+,14+,15+/m1/s1. The van der Waals surface area contributed by atoms with Gasteiger partial charge in [0.1, 0.15) is 47.8 Å². The van der Waals surface area contributed by atoms with Crippen molar-refractivity contribution in [3.8, 4) is 0 Å². The summed E-state index contributed by atoms with van der Waals surface area (Å²) in [6.45, 7) is 0.508. The van der Waals surface area contributed by atoms with Crippen molar-refractivity contribution in [1.29, 1.82) is 0 Å². The molecule has 0 radical (unpaired) electrons. The summed E-state index contributed by atoms with van der Waals surface area (Å²) >= 11 is 0. The normalized spacial score (nSPS) is 56.9. The van der Waals surface area contributed by atoms with Gasteiger partial charge in [0, 0.05) is 0 Å². The molecule has 1 aliphatic carbocycles. The zero-order chi connectivity index (χ0) is 19.4. The summed E-state index contributed by atoms with van der Waals surface area (Å²) in [6, 6.07) is 0. The molecule has 1 saturated heterocycles. The van der Waals surface area contributed by atoms with Gasteiger partial charge in [0.2, 0.25) is 6.29 Å². The maximum Gasteiger partial charge on any atom is 0.210 e. The van der Waals surface area contributed by atoms with E-state index < -0.39 is 72.9 Å². The van der Waals surface area contributed by atoms with Crippen molar-refractivity contribution in [2.24, 2.45) is 5.92 Å². The van der Waals surface area contributed by atoms with Crippen molar-refractivity contribution >= 4 is 0 Å². The van der Waals surface area contributed by atoms with Crippen LogP contribution in [-0.2, 0) is 14.2 Å². The van der Waals surface area contributed by atoms with Gasteiger partial charge in [-0.05, 0) is 13.0 Å². The third-order valence-corrected chi connectivity index (χ3v) is 5.44. The molecule has 2 heterocycles. The third-order valence-electron chi connectivity index (χ3n) is 5.44. The van der Waals surface area contributed by atoms with E-state index in [1.165, 1.54) is 6.92 Å². The lowest BCUT2D eigenvalue weighted by Gasteiger charge is -2.45. The highest BCUT2D eigenvalue weighted by atomic mass is 16.8. The molecule has 11 nitrogen and oxygen atoms in total. The Morgan fingerprint density at radius 2 is 1.62 bits per heavy atom. The van der Waals surface area contributed by atoms with Crippen LogP contribution in [0.25, 0.3) is 0 Å². The second kappa shape index (κ2) is 6.63. The van der Waals surface area contributed by atoms with Crippen LogP contribution < -0.4 is 0 Å². The fourth-order valence-corrected chi connectivity index (χ4v) is 3.83. The average molecular weight is 380 g/mol. The second-order valence-electron chi connectivity index (χ2n) is 7.12.